The van der Waals surface area contributed by atoms with Crippen LogP contribution in [0.25, 0.3) is 5.53 Å². The van der Waals surface area contributed by atoms with E-state index >= 15 is 0 Å². The molecule has 0 aromatic heterocycles. The fraction of sp³-hybridized carbons (Fsp3) is 0.182. The molecule has 0 bridgehead atoms. The zero-order valence-corrected chi connectivity index (χ0v) is 23.0. The Morgan fingerprint density at radius 1 is 0.805 bits per heavy atom. The fourth-order valence-electron chi connectivity index (χ4n) is 4.72. The summed E-state index contributed by atoms with van der Waals surface area (Å²) in [6.45, 7) is 0.115. The lowest BCUT2D eigenvalue weighted by atomic mass is 9.76. The van der Waals surface area contributed by atoms with Crippen molar-refractivity contribution in [1.29, 1.82) is 0 Å². The van der Waals surface area contributed by atoms with Crippen molar-refractivity contribution < 1.29 is 24.0 Å². The lowest BCUT2D eigenvalue weighted by Gasteiger charge is -2.39. The number of hydroxylamine groups is 2. The summed E-state index contributed by atoms with van der Waals surface area (Å²) >= 11 is 0. The van der Waals surface area contributed by atoms with Crippen LogP contribution >= 0.6 is 0 Å². The second-order valence-corrected chi connectivity index (χ2v) is 9.34. The molecule has 8 nitrogen and oxygen atoms in total. The Balaban J connectivity index is 1.84. The van der Waals surface area contributed by atoms with Gasteiger partial charge in [-0.1, -0.05) is 121 Å². The van der Waals surface area contributed by atoms with Crippen molar-refractivity contribution in [3.63, 3.8) is 0 Å². The maximum absolute atomic E-state index is 14.0. The first-order chi connectivity index (χ1) is 20.0. The Morgan fingerprint density at radius 3 is 1.66 bits per heavy atom. The van der Waals surface area contributed by atoms with Crippen LogP contribution < -0.4 is 5.32 Å². The van der Waals surface area contributed by atoms with Crippen LogP contribution in [-0.2, 0) is 31.3 Å². The van der Waals surface area contributed by atoms with Gasteiger partial charge in [0.2, 0.25) is 0 Å². The number of nitrogens with zero attached hydrogens (tertiary/aromatic N) is 3. The van der Waals surface area contributed by atoms with E-state index in [2.05, 4.69) is 10.1 Å². The molecule has 4 rings (SSSR count). The smallest absolute Gasteiger partial charge is 0.375 e. The van der Waals surface area contributed by atoms with E-state index in [1.807, 2.05) is 121 Å². The van der Waals surface area contributed by atoms with Gasteiger partial charge < -0.3 is 10.3 Å². The van der Waals surface area contributed by atoms with Crippen LogP contribution in [0.15, 0.2) is 121 Å². The van der Waals surface area contributed by atoms with Gasteiger partial charge in [-0.05, 0) is 22.3 Å². The standard InChI is InChI=1S/C33H32N4O4/c1-37(40-2)32(39)30(36-34)31(38)29(24-41-23-25-15-7-3-8-16-25)35-33(26-17-9-4-10-18-26,27-19-11-5-12-20-27)28-21-13-6-14-22-28/h3-22,29,35H,23-24H2,1-2H3/t29-/m0/s1. The Labute approximate surface area is 239 Å². The number of hydrogen-bond donors (Lipinski definition) is 1. The second-order valence-electron chi connectivity index (χ2n) is 9.34. The third kappa shape index (κ3) is 6.72. The first-order valence-corrected chi connectivity index (χ1v) is 13.2. The van der Waals surface area contributed by atoms with Crippen molar-refractivity contribution in [2.45, 2.75) is 18.2 Å². The lowest BCUT2D eigenvalue weighted by molar-refractivity contribution is -0.165. The molecule has 0 spiro atoms. The first kappa shape index (κ1) is 29.3. The highest BCUT2D eigenvalue weighted by Crippen LogP contribution is 2.37. The molecule has 0 unspecified atom stereocenters. The number of hydrogen-bond acceptors (Lipinski definition) is 5. The molecule has 0 aliphatic carbocycles. The second kappa shape index (κ2) is 14.1. The van der Waals surface area contributed by atoms with Crippen molar-refractivity contribution in [2.24, 2.45) is 0 Å². The Hall–Kier alpha value is -4.72. The summed E-state index contributed by atoms with van der Waals surface area (Å²) in [7, 11) is 2.61. The van der Waals surface area contributed by atoms with Gasteiger partial charge in [0.15, 0.2) is 0 Å². The molecule has 8 heteroatoms. The Morgan fingerprint density at radius 2 is 1.24 bits per heavy atom. The summed E-state index contributed by atoms with van der Waals surface area (Å²) < 4.78 is 6.04. The minimum absolute atomic E-state index is 0.120. The average molecular weight is 549 g/mol. The van der Waals surface area contributed by atoms with Crippen LogP contribution in [0.4, 0.5) is 0 Å². The van der Waals surface area contributed by atoms with Gasteiger partial charge in [-0.3, -0.25) is 19.7 Å². The molecule has 0 aliphatic rings. The number of ether oxygens (including phenoxy) is 1. The highest BCUT2D eigenvalue weighted by atomic mass is 16.7. The van der Waals surface area contributed by atoms with Gasteiger partial charge in [0.1, 0.15) is 6.04 Å². The van der Waals surface area contributed by atoms with Crippen LogP contribution in [0, 0.1) is 0 Å². The summed E-state index contributed by atoms with van der Waals surface area (Å²) in [5, 5.41) is 4.38. The SMILES string of the molecule is CON(C)C(=O)C(=[N+]=[N-])C(=O)[C@H](COCc1ccccc1)NC(c1ccccc1)(c1ccccc1)c1ccccc1. The van der Waals surface area contributed by atoms with Gasteiger partial charge in [-0.25, -0.2) is 5.06 Å². The van der Waals surface area contributed by atoms with Crippen molar-refractivity contribution in [2.75, 3.05) is 20.8 Å². The third-order valence-corrected chi connectivity index (χ3v) is 6.82. The number of carbonyl (C=O) groups excluding carboxylic acids is 2. The maximum Gasteiger partial charge on any atom is 0.425 e. The number of Topliss-reactive ketones (excluding diaryl/α,β-unsaturated/α-hetero) is 1. The molecule has 4 aromatic carbocycles. The van der Waals surface area contributed by atoms with Gasteiger partial charge >= 0.3 is 11.6 Å². The zero-order valence-electron chi connectivity index (χ0n) is 23.0. The number of amides is 1. The molecule has 0 heterocycles. The number of nitrogens with one attached hydrogen (secondary N) is 1. The molecule has 1 atom stereocenters. The zero-order chi connectivity index (χ0) is 29.1. The van der Waals surface area contributed by atoms with Crippen molar-refractivity contribution in [3.8, 4) is 0 Å². The van der Waals surface area contributed by atoms with E-state index in [1.165, 1.54) is 14.2 Å². The normalized spacial score (nSPS) is 11.8. The third-order valence-electron chi connectivity index (χ3n) is 6.82. The molecule has 0 radical (unpaired) electrons. The highest BCUT2D eigenvalue weighted by molar-refractivity contribution is 6.64. The van der Waals surface area contributed by atoms with E-state index < -0.39 is 29.0 Å². The molecule has 41 heavy (non-hydrogen) atoms. The first-order valence-electron chi connectivity index (χ1n) is 13.2. The predicted molar refractivity (Wildman–Crippen MR) is 156 cm³/mol. The van der Waals surface area contributed by atoms with Gasteiger partial charge in [-0.15, -0.1) is 0 Å². The highest BCUT2D eigenvalue weighted by Gasteiger charge is 2.44. The molecule has 0 aliphatic heterocycles. The van der Waals surface area contributed by atoms with Gasteiger partial charge in [0.25, 0.3) is 5.78 Å². The topological polar surface area (TPSA) is 104 Å². The minimum atomic E-state index is -1.11. The van der Waals surface area contributed by atoms with Crippen LogP contribution in [0.5, 0.6) is 0 Å². The summed E-state index contributed by atoms with van der Waals surface area (Å²) in [5.74, 6) is -1.64. The van der Waals surface area contributed by atoms with Crippen molar-refractivity contribution >= 4 is 17.4 Å². The molecule has 208 valence electrons. The molecular weight excluding hydrogens is 516 g/mol. The van der Waals surface area contributed by atoms with Crippen molar-refractivity contribution in [3.05, 3.63) is 149 Å². The molecule has 0 saturated heterocycles. The van der Waals surface area contributed by atoms with E-state index in [9.17, 15) is 15.1 Å². The Bertz CT molecular complexity index is 1380. The molecule has 1 amide bonds. The van der Waals surface area contributed by atoms with Crippen LogP contribution in [-0.4, -0.2) is 54.1 Å². The minimum Gasteiger partial charge on any atom is -0.375 e. The maximum atomic E-state index is 14.0. The van der Waals surface area contributed by atoms with Gasteiger partial charge in [-0.2, -0.15) is 4.79 Å². The lowest BCUT2D eigenvalue weighted by Crippen LogP contribution is -2.57. The number of benzene rings is 4. The van der Waals surface area contributed by atoms with Gasteiger partial charge in [0, 0.05) is 7.05 Å². The number of carbonyl (C=O) groups is 2. The van der Waals surface area contributed by atoms with E-state index in [4.69, 9.17) is 9.57 Å². The molecule has 0 fully saturated rings. The van der Waals surface area contributed by atoms with E-state index in [0.29, 0.717) is 0 Å². The summed E-state index contributed by atoms with van der Waals surface area (Å²) in [5.41, 5.74) is 11.6. The van der Waals surface area contributed by atoms with E-state index in [1.54, 1.807) is 0 Å². The fourth-order valence-corrected chi connectivity index (χ4v) is 4.72. The summed E-state index contributed by atoms with van der Waals surface area (Å²) in [6, 6.07) is 37.6. The molecular formula is C33H32N4O4. The van der Waals surface area contributed by atoms with Crippen molar-refractivity contribution in [1.82, 2.24) is 10.4 Å². The molecule has 0 saturated carbocycles. The van der Waals surface area contributed by atoms with E-state index in [-0.39, 0.29) is 13.2 Å². The van der Waals surface area contributed by atoms with Crippen LogP contribution in [0.3, 0.4) is 0 Å². The van der Waals surface area contributed by atoms with Crippen LogP contribution in [0.1, 0.15) is 22.3 Å². The predicted octanol–water partition coefficient (Wildman–Crippen LogP) is 4.41. The molecule has 1 N–H and O–H groups in total. The quantitative estimate of drug-likeness (QED) is 0.0666. The van der Waals surface area contributed by atoms with Gasteiger partial charge in [0.05, 0.1) is 25.9 Å². The summed E-state index contributed by atoms with van der Waals surface area (Å²) in [4.78, 5) is 35.0. The number of rotatable bonds is 13. The van der Waals surface area contributed by atoms with E-state index in [0.717, 1.165) is 27.3 Å². The van der Waals surface area contributed by atoms with Crippen LogP contribution in [0.2, 0.25) is 0 Å². The summed E-state index contributed by atoms with van der Waals surface area (Å²) in [6.07, 6.45) is 0. The Kier molecular flexibility index (Phi) is 10.0. The molecule has 4 aromatic rings. The average Bonchev–Trinajstić information content (AvgIpc) is 3.04. The monoisotopic (exact) mass is 548 g/mol. The number of ketones is 1. The largest absolute Gasteiger partial charge is 0.425 e.